The number of hydrogen-bond donors (Lipinski definition) is 4. The second kappa shape index (κ2) is 9.90. The molecule has 2 atom stereocenters. The third-order valence-electron chi connectivity index (χ3n) is 5.22. The van der Waals surface area contributed by atoms with Crippen molar-refractivity contribution in [3.8, 4) is 0 Å². The highest BCUT2D eigenvalue weighted by Crippen LogP contribution is 2.37. The molecule has 1 aliphatic rings. The lowest BCUT2D eigenvalue weighted by atomic mass is 9.95. The number of nitrogens with one attached hydrogen (secondary N) is 2. The minimum absolute atomic E-state index is 0.0409. The number of anilines is 2. The molecule has 12 heteroatoms. The summed E-state index contributed by atoms with van der Waals surface area (Å²) in [6, 6.07) is 9.19. The lowest BCUT2D eigenvalue weighted by Crippen LogP contribution is -2.39. The van der Waals surface area contributed by atoms with E-state index in [2.05, 4.69) is 10.3 Å². The quantitative estimate of drug-likeness (QED) is 0.189. The predicted octanol–water partition coefficient (Wildman–Crippen LogP) is 2.72. The van der Waals surface area contributed by atoms with Crippen LogP contribution in [-0.2, 0) is 9.59 Å². The number of amides is 2. The zero-order valence-corrected chi connectivity index (χ0v) is 18.1. The largest absolute Gasteiger partial charge is 0.477 e. The summed E-state index contributed by atoms with van der Waals surface area (Å²) < 4.78 is 0. The number of nitrogens with two attached hydrogens (primary N) is 1. The van der Waals surface area contributed by atoms with Crippen LogP contribution in [0.15, 0.2) is 47.5 Å². The van der Waals surface area contributed by atoms with Crippen LogP contribution >= 0.6 is 0 Å². The molecule has 0 saturated carbocycles. The van der Waals surface area contributed by atoms with Gasteiger partial charge in [0.05, 0.1) is 21.9 Å². The van der Waals surface area contributed by atoms with Gasteiger partial charge in [-0.1, -0.05) is 25.1 Å². The Bertz CT molecular complexity index is 1200. The molecule has 2 aromatic rings. The molecule has 2 unspecified atom stereocenters. The summed E-state index contributed by atoms with van der Waals surface area (Å²) in [7, 11) is 0. The Morgan fingerprint density at radius 1 is 1.35 bits per heavy atom. The molecule has 0 spiro atoms. The summed E-state index contributed by atoms with van der Waals surface area (Å²) in [5.41, 5.74) is 5.29. The zero-order chi connectivity index (χ0) is 25.0. The molecule has 0 radical (unpaired) electrons. The highest BCUT2D eigenvalue weighted by Gasteiger charge is 2.31. The zero-order valence-electron chi connectivity index (χ0n) is 18.1. The number of hydrogen-bond acceptors (Lipinski definition) is 8. The maximum Gasteiger partial charge on any atom is 0.352 e. The number of nitro benzene ring substituents is 1. The first-order valence-corrected chi connectivity index (χ1v) is 10.2. The highest BCUT2D eigenvalue weighted by molar-refractivity contribution is 6.42. The number of para-hydroxylation sites is 1. The van der Waals surface area contributed by atoms with Gasteiger partial charge in [-0.2, -0.15) is 0 Å². The molecule has 5 N–H and O–H groups in total. The van der Waals surface area contributed by atoms with Crippen LogP contribution in [0.1, 0.15) is 18.9 Å². The Labute approximate surface area is 193 Å². The number of aldehydes is 1. The molecule has 0 fully saturated rings. The van der Waals surface area contributed by atoms with E-state index in [1.54, 1.807) is 37.3 Å². The molecule has 1 heterocycles. The van der Waals surface area contributed by atoms with Gasteiger partial charge in [-0.15, -0.1) is 0 Å². The normalized spacial score (nSPS) is 15.2. The lowest BCUT2D eigenvalue weighted by Gasteiger charge is -2.25. The Kier molecular flexibility index (Phi) is 7.00. The summed E-state index contributed by atoms with van der Waals surface area (Å²) in [5.74, 6) is -1.71. The van der Waals surface area contributed by atoms with Gasteiger partial charge < -0.3 is 26.4 Å². The third kappa shape index (κ3) is 5.06. The summed E-state index contributed by atoms with van der Waals surface area (Å²) in [6.45, 7) is 1.94. The van der Waals surface area contributed by atoms with Gasteiger partial charge >= 0.3 is 12.0 Å². The molecule has 12 nitrogen and oxygen atoms in total. The number of primary amides is 1. The van der Waals surface area contributed by atoms with Crippen molar-refractivity contribution >= 4 is 52.5 Å². The van der Waals surface area contributed by atoms with Crippen LogP contribution in [0.4, 0.5) is 27.5 Å². The van der Waals surface area contributed by atoms with Crippen molar-refractivity contribution in [2.75, 3.05) is 16.8 Å². The Hall–Kier alpha value is -4.61. The van der Waals surface area contributed by atoms with Crippen molar-refractivity contribution < 1.29 is 24.4 Å². The van der Waals surface area contributed by atoms with Gasteiger partial charge in [0.2, 0.25) is 0 Å². The van der Waals surface area contributed by atoms with Crippen LogP contribution in [0.2, 0.25) is 0 Å². The topological polar surface area (TPSA) is 192 Å². The number of nitro groups is 1. The number of carbonyl (C=O) groups excluding carboxylic acids is 2. The minimum Gasteiger partial charge on any atom is -0.477 e. The number of urea groups is 1. The molecule has 0 aliphatic carbocycles. The van der Waals surface area contributed by atoms with Crippen LogP contribution in [0.25, 0.3) is 0 Å². The first-order chi connectivity index (χ1) is 16.1. The number of carboxylic acids is 1. The molecule has 0 saturated heterocycles. The summed E-state index contributed by atoms with van der Waals surface area (Å²) in [5, 5.41) is 32.1. The van der Waals surface area contributed by atoms with E-state index in [4.69, 9.17) is 11.1 Å². The summed E-state index contributed by atoms with van der Waals surface area (Å²) >= 11 is 0. The van der Waals surface area contributed by atoms with E-state index < -0.39 is 34.4 Å². The van der Waals surface area contributed by atoms with Crippen molar-refractivity contribution in [1.29, 1.82) is 5.41 Å². The van der Waals surface area contributed by atoms with Gasteiger partial charge in [0.15, 0.2) is 5.71 Å². The van der Waals surface area contributed by atoms with Crippen molar-refractivity contribution in [2.45, 2.75) is 19.4 Å². The average molecular weight is 466 g/mol. The van der Waals surface area contributed by atoms with E-state index in [-0.39, 0.29) is 41.5 Å². The number of benzene rings is 2. The molecule has 2 aromatic carbocycles. The molecular weight excluding hydrogens is 444 g/mol. The van der Waals surface area contributed by atoms with Crippen LogP contribution in [-0.4, -0.2) is 52.3 Å². The van der Waals surface area contributed by atoms with Gasteiger partial charge in [0.1, 0.15) is 12.3 Å². The number of nitrogens with zero attached hydrogens (tertiary/aromatic N) is 3. The van der Waals surface area contributed by atoms with Gasteiger partial charge in [0, 0.05) is 24.0 Å². The molecule has 0 bridgehead atoms. The third-order valence-corrected chi connectivity index (χ3v) is 5.22. The maximum atomic E-state index is 11.9. The molecule has 2 amide bonds. The van der Waals surface area contributed by atoms with Crippen LogP contribution in [0, 0.1) is 21.4 Å². The van der Waals surface area contributed by atoms with Gasteiger partial charge in [-0.05, 0) is 30.5 Å². The minimum atomic E-state index is -1.41. The summed E-state index contributed by atoms with van der Waals surface area (Å²) in [6.07, 6.45) is 0.409. The predicted molar refractivity (Wildman–Crippen MR) is 125 cm³/mol. The fourth-order valence-electron chi connectivity index (χ4n) is 3.66. The number of fused-ring (bicyclic) bond motifs is 1. The van der Waals surface area contributed by atoms with E-state index >= 15 is 0 Å². The second-order valence-corrected chi connectivity index (χ2v) is 7.78. The number of carboxylic acid groups (broad SMARTS) is 1. The Balaban J connectivity index is 1.89. The molecule has 176 valence electrons. The lowest BCUT2D eigenvalue weighted by molar-refractivity contribution is -0.385. The van der Waals surface area contributed by atoms with Crippen molar-refractivity contribution in [2.24, 2.45) is 16.6 Å². The van der Waals surface area contributed by atoms with Gasteiger partial charge in [-0.25, -0.2) is 14.6 Å². The van der Waals surface area contributed by atoms with E-state index in [1.807, 2.05) is 0 Å². The Morgan fingerprint density at radius 2 is 2.03 bits per heavy atom. The first-order valence-electron chi connectivity index (χ1n) is 10.2. The summed E-state index contributed by atoms with van der Waals surface area (Å²) in [4.78, 5) is 50.9. The molecule has 34 heavy (non-hydrogen) atoms. The number of carbonyl (C=O) groups is 3. The Morgan fingerprint density at radius 3 is 2.59 bits per heavy atom. The molecule has 3 rings (SSSR count). The SMILES string of the molecule is CC(CC(=N)c1cc2c(cc1[N+](=O)[O-])NC(C=O)C(C(=O)O)=N2)CN(C(N)=O)c1ccccc1. The fraction of sp³-hybridized carbons (Fsp3) is 0.227. The molecular formula is C22H22N6O6. The number of rotatable bonds is 9. The maximum absolute atomic E-state index is 11.9. The average Bonchev–Trinajstić information content (AvgIpc) is 2.80. The fourth-order valence-corrected chi connectivity index (χ4v) is 3.66. The standard InChI is InChI=1S/C22H22N6O6/c1-12(10-27(22(24)32)13-5-3-2-4-6-13)7-15(23)14-8-16-17(9-19(14)28(33)34)25-18(11-29)20(26-16)21(30)31/h2-6,8-9,11-12,18,23,25H,7,10H2,1H3,(H2,24,32)(H,30,31). The second-order valence-electron chi connectivity index (χ2n) is 7.78. The van der Waals surface area contributed by atoms with E-state index in [0.717, 1.165) is 6.07 Å². The van der Waals surface area contributed by atoms with Crippen LogP contribution in [0.5, 0.6) is 0 Å². The van der Waals surface area contributed by atoms with Gasteiger partial charge in [0.25, 0.3) is 5.69 Å². The molecule has 1 aliphatic heterocycles. The van der Waals surface area contributed by atoms with Crippen LogP contribution in [0.3, 0.4) is 0 Å². The van der Waals surface area contributed by atoms with Gasteiger partial charge in [-0.3, -0.25) is 15.0 Å². The van der Waals surface area contributed by atoms with E-state index in [1.165, 1.54) is 11.0 Å². The van der Waals surface area contributed by atoms with E-state index in [0.29, 0.717) is 12.0 Å². The van der Waals surface area contributed by atoms with Crippen molar-refractivity contribution in [1.82, 2.24) is 0 Å². The van der Waals surface area contributed by atoms with Crippen molar-refractivity contribution in [3.63, 3.8) is 0 Å². The van der Waals surface area contributed by atoms with E-state index in [9.17, 15) is 29.6 Å². The van der Waals surface area contributed by atoms with Crippen molar-refractivity contribution in [3.05, 3.63) is 58.1 Å². The number of aliphatic imine (C=N–C) groups is 1. The highest BCUT2D eigenvalue weighted by atomic mass is 16.6. The smallest absolute Gasteiger partial charge is 0.352 e. The number of aliphatic carboxylic acids is 1. The first kappa shape index (κ1) is 24.0. The van der Waals surface area contributed by atoms with Crippen LogP contribution < -0.4 is 16.0 Å². The molecule has 0 aromatic heterocycles. The monoisotopic (exact) mass is 466 g/mol.